The van der Waals surface area contributed by atoms with Gasteiger partial charge in [0, 0.05) is 12.7 Å². The van der Waals surface area contributed by atoms with Crippen LogP contribution in [0.2, 0.25) is 0 Å². The lowest BCUT2D eigenvalue weighted by molar-refractivity contribution is -0.118. The Hall–Kier alpha value is -2.93. The summed E-state index contributed by atoms with van der Waals surface area (Å²) in [5.74, 6) is 0.826. The molecule has 1 amide bonds. The van der Waals surface area contributed by atoms with Gasteiger partial charge in [0.15, 0.2) is 11.0 Å². The zero-order chi connectivity index (χ0) is 19.2. The highest BCUT2D eigenvalue weighted by Crippen LogP contribution is 2.29. The van der Waals surface area contributed by atoms with E-state index in [-0.39, 0.29) is 11.7 Å². The lowest BCUT2D eigenvalue weighted by atomic mass is 10.1. The number of nitrogens with zero attached hydrogens (tertiary/aromatic N) is 4. The number of hydrogen-bond acceptors (Lipinski definition) is 5. The molecule has 1 aromatic carbocycles. The number of rotatable bonds is 7. The van der Waals surface area contributed by atoms with E-state index in [4.69, 9.17) is 0 Å². The molecule has 0 aliphatic heterocycles. The van der Waals surface area contributed by atoms with Crippen LogP contribution in [0.5, 0.6) is 0 Å². The highest BCUT2D eigenvalue weighted by atomic mass is 32.2. The van der Waals surface area contributed by atoms with Gasteiger partial charge in [0.2, 0.25) is 5.91 Å². The third kappa shape index (κ3) is 4.43. The summed E-state index contributed by atoms with van der Waals surface area (Å²) in [4.78, 5) is 16.4. The molecule has 6 nitrogen and oxygen atoms in total. The topological polar surface area (TPSA) is 72.7 Å². The van der Waals surface area contributed by atoms with Gasteiger partial charge in [-0.3, -0.25) is 14.3 Å². The average molecular weight is 379 g/mol. The van der Waals surface area contributed by atoms with Crippen LogP contribution in [-0.4, -0.2) is 38.0 Å². The van der Waals surface area contributed by atoms with E-state index in [1.165, 1.54) is 11.8 Å². The molecule has 0 aliphatic carbocycles. The van der Waals surface area contributed by atoms with Crippen molar-refractivity contribution in [1.29, 1.82) is 0 Å². The van der Waals surface area contributed by atoms with E-state index < -0.39 is 0 Å². The molecule has 2 heterocycles. The predicted octanol–water partition coefficient (Wildman–Crippen LogP) is 3.34. The summed E-state index contributed by atoms with van der Waals surface area (Å²) in [7, 11) is 0. The standard InChI is InChI=1S/C20H21N5OS/c1-4-10-22-18(26)13-27-20-24-23-19(16-7-5-6-11-21-16)25(20)17-12-14(2)8-9-15(17)3/h4-9,11-12H,1,10,13H2,2-3H3,(H,22,26). The largest absolute Gasteiger partial charge is 0.352 e. The predicted molar refractivity (Wildman–Crippen MR) is 108 cm³/mol. The molecule has 0 bridgehead atoms. The first-order chi connectivity index (χ1) is 13.1. The molecule has 1 N–H and O–H groups in total. The Kier molecular flexibility index (Phi) is 6.03. The molecule has 7 heteroatoms. The zero-order valence-electron chi connectivity index (χ0n) is 15.3. The van der Waals surface area contributed by atoms with Crippen LogP contribution in [0.4, 0.5) is 0 Å². The van der Waals surface area contributed by atoms with Crippen LogP contribution in [0.25, 0.3) is 17.2 Å². The first-order valence-corrected chi connectivity index (χ1v) is 9.53. The van der Waals surface area contributed by atoms with Gasteiger partial charge in [-0.25, -0.2) is 0 Å². The third-order valence-corrected chi connectivity index (χ3v) is 4.84. The number of pyridine rings is 1. The molecule has 138 valence electrons. The second-order valence-corrected chi connectivity index (χ2v) is 6.97. The van der Waals surface area contributed by atoms with E-state index >= 15 is 0 Å². The highest BCUT2D eigenvalue weighted by Gasteiger charge is 2.19. The molecule has 3 rings (SSSR count). The van der Waals surface area contributed by atoms with Crippen molar-refractivity contribution in [2.45, 2.75) is 19.0 Å². The number of aromatic nitrogens is 4. The Labute approximate surface area is 162 Å². The fourth-order valence-electron chi connectivity index (χ4n) is 2.57. The number of nitrogens with one attached hydrogen (secondary N) is 1. The number of benzene rings is 1. The van der Waals surface area contributed by atoms with Gasteiger partial charge in [0.25, 0.3) is 0 Å². The van der Waals surface area contributed by atoms with Gasteiger partial charge in [-0.2, -0.15) is 0 Å². The van der Waals surface area contributed by atoms with Crippen molar-refractivity contribution < 1.29 is 4.79 Å². The SMILES string of the molecule is C=CCNC(=O)CSc1nnc(-c2ccccn2)n1-c1cc(C)ccc1C. The molecule has 0 spiro atoms. The van der Waals surface area contributed by atoms with E-state index in [1.807, 2.05) is 36.6 Å². The molecule has 0 aliphatic rings. The third-order valence-electron chi connectivity index (χ3n) is 3.91. The fourth-order valence-corrected chi connectivity index (χ4v) is 3.34. The van der Waals surface area contributed by atoms with Crippen LogP contribution in [-0.2, 0) is 4.79 Å². The van der Waals surface area contributed by atoms with Crippen LogP contribution in [0.15, 0.2) is 60.4 Å². The quantitative estimate of drug-likeness (QED) is 0.503. The summed E-state index contributed by atoms with van der Waals surface area (Å²) < 4.78 is 1.97. The highest BCUT2D eigenvalue weighted by molar-refractivity contribution is 7.99. The number of carbonyl (C=O) groups excluding carboxylic acids is 1. The maximum atomic E-state index is 12.0. The summed E-state index contributed by atoms with van der Waals surface area (Å²) >= 11 is 1.35. The summed E-state index contributed by atoms with van der Waals surface area (Å²) in [6.07, 6.45) is 3.38. The van der Waals surface area contributed by atoms with Crippen molar-refractivity contribution in [2.75, 3.05) is 12.3 Å². The second-order valence-electron chi connectivity index (χ2n) is 6.03. The molecular weight excluding hydrogens is 358 g/mol. The Bertz CT molecular complexity index is 952. The van der Waals surface area contributed by atoms with E-state index in [1.54, 1.807) is 12.3 Å². The summed E-state index contributed by atoms with van der Waals surface area (Å²) in [6, 6.07) is 11.9. The van der Waals surface area contributed by atoms with Gasteiger partial charge in [-0.1, -0.05) is 36.0 Å². The molecule has 0 radical (unpaired) electrons. The van der Waals surface area contributed by atoms with Gasteiger partial charge in [0.1, 0.15) is 5.69 Å². The number of aryl methyl sites for hydroxylation is 2. The Morgan fingerprint density at radius 2 is 2.11 bits per heavy atom. The monoisotopic (exact) mass is 379 g/mol. The van der Waals surface area contributed by atoms with E-state index in [0.29, 0.717) is 17.5 Å². The molecule has 0 unspecified atom stereocenters. The van der Waals surface area contributed by atoms with Gasteiger partial charge in [-0.05, 0) is 43.2 Å². The van der Waals surface area contributed by atoms with Crippen molar-refractivity contribution in [1.82, 2.24) is 25.1 Å². The minimum absolute atomic E-state index is 0.0743. The smallest absolute Gasteiger partial charge is 0.230 e. The number of hydrogen-bond donors (Lipinski definition) is 1. The maximum absolute atomic E-state index is 12.0. The van der Waals surface area contributed by atoms with E-state index in [9.17, 15) is 4.79 Å². The van der Waals surface area contributed by atoms with Crippen LogP contribution in [0.1, 0.15) is 11.1 Å². The van der Waals surface area contributed by atoms with Gasteiger partial charge >= 0.3 is 0 Å². The van der Waals surface area contributed by atoms with Crippen molar-refractivity contribution >= 4 is 17.7 Å². The van der Waals surface area contributed by atoms with Crippen molar-refractivity contribution in [2.24, 2.45) is 0 Å². The molecular formula is C20H21N5OS. The van der Waals surface area contributed by atoms with Gasteiger partial charge in [-0.15, -0.1) is 16.8 Å². The number of carbonyl (C=O) groups is 1. The second kappa shape index (κ2) is 8.64. The van der Waals surface area contributed by atoms with Crippen molar-refractivity contribution in [3.63, 3.8) is 0 Å². The molecule has 0 saturated heterocycles. The Balaban J connectivity index is 2.01. The average Bonchev–Trinajstić information content (AvgIpc) is 3.11. The molecule has 0 atom stereocenters. The van der Waals surface area contributed by atoms with Crippen LogP contribution < -0.4 is 5.32 Å². The lowest BCUT2D eigenvalue weighted by Gasteiger charge is -2.13. The first kappa shape index (κ1) is 18.8. The molecule has 27 heavy (non-hydrogen) atoms. The molecule has 2 aromatic heterocycles. The Morgan fingerprint density at radius 3 is 2.85 bits per heavy atom. The van der Waals surface area contributed by atoms with E-state index in [2.05, 4.69) is 45.3 Å². The molecule has 0 fully saturated rings. The summed E-state index contributed by atoms with van der Waals surface area (Å²) in [6.45, 7) is 8.14. The fraction of sp³-hybridized carbons (Fsp3) is 0.200. The van der Waals surface area contributed by atoms with Crippen LogP contribution in [0, 0.1) is 13.8 Å². The minimum atomic E-state index is -0.0743. The lowest BCUT2D eigenvalue weighted by Crippen LogP contribution is -2.25. The normalized spacial score (nSPS) is 10.6. The minimum Gasteiger partial charge on any atom is -0.352 e. The molecule has 3 aromatic rings. The van der Waals surface area contributed by atoms with Crippen molar-refractivity contribution in [3.8, 4) is 17.2 Å². The summed E-state index contributed by atoms with van der Waals surface area (Å²) in [5.41, 5.74) is 3.94. The van der Waals surface area contributed by atoms with Gasteiger partial charge in [0.05, 0.1) is 11.4 Å². The van der Waals surface area contributed by atoms with Gasteiger partial charge < -0.3 is 5.32 Å². The number of amides is 1. The maximum Gasteiger partial charge on any atom is 0.230 e. The van der Waals surface area contributed by atoms with E-state index in [0.717, 1.165) is 22.5 Å². The van der Waals surface area contributed by atoms with Crippen molar-refractivity contribution in [3.05, 3.63) is 66.4 Å². The summed E-state index contributed by atoms with van der Waals surface area (Å²) in [5, 5.41) is 12.1. The van der Waals surface area contributed by atoms with Crippen LogP contribution in [0.3, 0.4) is 0 Å². The molecule has 0 saturated carbocycles. The zero-order valence-corrected chi connectivity index (χ0v) is 16.2. The Morgan fingerprint density at radius 1 is 1.26 bits per heavy atom. The van der Waals surface area contributed by atoms with Crippen LogP contribution >= 0.6 is 11.8 Å². The first-order valence-electron chi connectivity index (χ1n) is 8.55. The number of thioether (sulfide) groups is 1.